The van der Waals surface area contributed by atoms with Gasteiger partial charge in [-0.1, -0.05) is 45.7 Å². The first kappa shape index (κ1) is 19.5. The van der Waals surface area contributed by atoms with Gasteiger partial charge in [0.1, 0.15) is 5.41 Å². The molecule has 0 unspecified atom stereocenters. The minimum absolute atomic E-state index is 0.0109. The lowest BCUT2D eigenvalue weighted by molar-refractivity contribution is -0.485. The van der Waals surface area contributed by atoms with Gasteiger partial charge >= 0.3 is 5.97 Å². The highest BCUT2D eigenvalue weighted by Crippen LogP contribution is 2.49. The highest BCUT2D eigenvalue weighted by Gasteiger charge is 2.59. The number of carbonyl (C=O) groups excluding carboxylic acids is 2. The van der Waals surface area contributed by atoms with Crippen LogP contribution in [0.2, 0.25) is 5.02 Å². The zero-order valence-corrected chi connectivity index (χ0v) is 16.6. The molecule has 0 fully saturated rings. The van der Waals surface area contributed by atoms with E-state index in [1.165, 1.54) is 7.11 Å². The molecule has 0 saturated heterocycles. The summed E-state index contributed by atoms with van der Waals surface area (Å²) in [4.78, 5) is 37.1. The van der Waals surface area contributed by atoms with Crippen LogP contribution in [0.1, 0.15) is 27.4 Å². The molecule has 1 aliphatic rings. The molecule has 0 radical (unpaired) electrons. The second-order valence-electron chi connectivity index (χ2n) is 6.36. The van der Waals surface area contributed by atoms with Gasteiger partial charge in [-0.2, -0.15) is 0 Å². The quantitative estimate of drug-likeness (QED) is 0.295. The Labute approximate surface area is 168 Å². The minimum atomic E-state index is -1.74. The molecule has 27 heavy (non-hydrogen) atoms. The van der Waals surface area contributed by atoms with Gasteiger partial charge in [-0.15, -0.1) is 0 Å². The summed E-state index contributed by atoms with van der Waals surface area (Å²) in [7, 11) is 1.17. The van der Waals surface area contributed by atoms with E-state index in [1.807, 2.05) is 0 Å². The maximum Gasteiger partial charge on any atom is 0.320 e. The van der Waals surface area contributed by atoms with Crippen LogP contribution in [0.3, 0.4) is 0 Å². The number of methoxy groups -OCH3 is 1. The molecule has 1 aliphatic carbocycles. The number of esters is 1. The highest BCUT2D eigenvalue weighted by atomic mass is 79.9. The number of benzene rings is 2. The van der Waals surface area contributed by atoms with Crippen molar-refractivity contribution >= 4 is 39.3 Å². The number of fused-ring (bicyclic) bond motifs is 1. The van der Waals surface area contributed by atoms with E-state index in [9.17, 15) is 19.7 Å². The summed E-state index contributed by atoms with van der Waals surface area (Å²) in [5, 5.41) is 11.7. The van der Waals surface area contributed by atoms with Crippen molar-refractivity contribution in [2.24, 2.45) is 5.41 Å². The number of ether oxygens (including phenoxy) is 1. The number of halogens is 2. The smallest absolute Gasteiger partial charge is 0.320 e. The standard InChI is InChI=1S/C19H15BrClNO5/c1-27-18(24)19(9-11-8-12(20)6-7-13(11)17(19)23)15(10-22(25)26)14-4-2-3-5-16(14)21/h2-8,15H,9-10H2,1H3/t15-,19+/m1/s1. The average Bonchev–Trinajstić information content (AvgIpc) is 2.92. The van der Waals surface area contributed by atoms with Crippen LogP contribution < -0.4 is 0 Å². The van der Waals surface area contributed by atoms with E-state index in [4.69, 9.17) is 16.3 Å². The predicted octanol–water partition coefficient (Wildman–Crippen LogP) is 4.06. The number of nitrogens with zero attached hydrogens (tertiary/aromatic N) is 1. The Morgan fingerprint density at radius 1 is 1.37 bits per heavy atom. The maximum atomic E-state index is 13.4. The summed E-state index contributed by atoms with van der Waals surface area (Å²) < 4.78 is 5.70. The Bertz CT molecular complexity index is 947. The third-order valence-corrected chi connectivity index (χ3v) is 5.78. The van der Waals surface area contributed by atoms with Crippen LogP contribution in [0.5, 0.6) is 0 Å². The van der Waals surface area contributed by atoms with Crippen LogP contribution in [0.4, 0.5) is 0 Å². The molecule has 6 nitrogen and oxygen atoms in total. The van der Waals surface area contributed by atoms with E-state index in [0.29, 0.717) is 16.7 Å². The summed E-state index contributed by atoms with van der Waals surface area (Å²) in [6.45, 7) is -0.625. The molecule has 2 aromatic carbocycles. The number of Topliss-reactive ketones (excluding diaryl/α,β-unsaturated/α-hetero) is 1. The number of carbonyl (C=O) groups is 2. The minimum Gasteiger partial charge on any atom is -0.468 e. The fourth-order valence-corrected chi connectivity index (χ4v) is 4.42. The summed E-state index contributed by atoms with van der Waals surface area (Å²) in [5.74, 6) is -2.34. The van der Waals surface area contributed by atoms with Gasteiger partial charge in [0.15, 0.2) is 5.78 Å². The maximum absolute atomic E-state index is 13.4. The molecule has 0 N–H and O–H groups in total. The van der Waals surface area contributed by atoms with Crippen molar-refractivity contribution in [1.82, 2.24) is 0 Å². The Morgan fingerprint density at radius 2 is 2.07 bits per heavy atom. The molecule has 0 bridgehead atoms. The molecule has 0 spiro atoms. The van der Waals surface area contributed by atoms with Gasteiger partial charge in [0, 0.05) is 20.0 Å². The van der Waals surface area contributed by atoms with Gasteiger partial charge < -0.3 is 4.74 Å². The topological polar surface area (TPSA) is 86.5 Å². The summed E-state index contributed by atoms with van der Waals surface area (Å²) in [6.07, 6.45) is 0.0109. The van der Waals surface area contributed by atoms with Crippen molar-refractivity contribution in [3.8, 4) is 0 Å². The molecule has 8 heteroatoms. The largest absolute Gasteiger partial charge is 0.468 e. The number of ketones is 1. The van der Waals surface area contributed by atoms with Crippen LogP contribution in [0, 0.1) is 15.5 Å². The molecule has 140 valence electrons. The third kappa shape index (κ3) is 3.26. The number of rotatable bonds is 5. The van der Waals surface area contributed by atoms with Crippen molar-refractivity contribution in [2.75, 3.05) is 13.7 Å². The van der Waals surface area contributed by atoms with Crippen molar-refractivity contribution < 1.29 is 19.2 Å². The molecule has 0 aliphatic heterocycles. The first-order valence-electron chi connectivity index (χ1n) is 8.09. The van der Waals surface area contributed by atoms with E-state index < -0.39 is 34.6 Å². The molecule has 3 rings (SSSR count). The zero-order valence-electron chi connectivity index (χ0n) is 14.3. The number of hydrogen-bond donors (Lipinski definition) is 0. The molecular formula is C19H15BrClNO5. The zero-order chi connectivity index (χ0) is 19.8. The van der Waals surface area contributed by atoms with Crippen LogP contribution in [-0.4, -0.2) is 30.3 Å². The van der Waals surface area contributed by atoms with E-state index in [-0.39, 0.29) is 11.4 Å². The summed E-state index contributed by atoms with van der Waals surface area (Å²) >= 11 is 9.63. The molecule has 2 atom stereocenters. The normalized spacial score (nSPS) is 19.4. The lowest BCUT2D eigenvalue weighted by Gasteiger charge is -2.31. The monoisotopic (exact) mass is 451 g/mol. The van der Waals surface area contributed by atoms with Crippen LogP contribution in [-0.2, 0) is 16.0 Å². The molecule has 0 amide bonds. The Morgan fingerprint density at radius 3 is 2.70 bits per heavy atom. The van der Waals surface area contributed by atoms with Gasteiger partial charge in [0.25, 0.3) is 0 Å². The average molecular weight is 453 g/mol. The number of hydrogen-bond acceptors (Lipinski definition) is 5. The Kier molecular flexibility index (Phi) is 5.35. The summed E-state index contributed by atoms with van der Waals surface area (Å²) in [6, 6.07) is 11.6. The molecule has 0 aromatic heterocycles. The van der Waals surface area contributed by atoms with Crippen molar-refractivity contribution in [2.45, 2.75) is 12.3 Å². The summed E-state index contributed by atoms with van der Waals surface area (Å²) in [5.41, 5.74) is -0.360. The fraction of sp³-hybridized carbons (Fsp3) is 0.263. The van der Waals surface area contributed by atoms with Crippen molar-refractivity contribution in [3.63, 3.8) is 0 Å². The fourth-order valence-electron chi connectivity index (χ4n) is 3.75. The van der Waals surface area contributed by atoms with Gasteiger partial charge in [-0.05, 0) is 41.8 Å². The van der Waals surface area contributed by atoms with E-state index in [0.717, 1.165) is 4.47 Å². The van der Waals surface area contributed by atoms with Gasteiger partial charge in [-0.3, -0.25) is 19.7 Å². The first-order valence-corrected chi connectivity index (χ1v) is 9.26. The third-order valence-electron chi connectivity index (χ3n) is 4.94. The van der Waals surface area contributed by atoms with Gasteiger partial charge in [0.2, 0.25) is 6.54 Å². The van der Waals surface area contributed by atoms with Crippen LogP contribution >= 0.6 is 27.5 Å². The van der Waals surface area contributed by atoms with Crippen molar-refractivity contribution in [3.05, 3.63) is 78.8 Å². The van der Waals surface area contributed by atoms with E-state index in [2.05, 4.69) is 15.9 Å². The van der Waals surface area contributed by atoms with Crippen molar-refractivity contribution in [1.29, 1.82) is 0 Å². The number of nitro groups is 1. The lowest BCUT2D eigenvalue weighted by atomic mass is 9.69. The van der Waals surface area contributed by atoms with E-state index >= 15 is 0 Å². The highest BCUT2D eigenvalue weighted by molar-refractivity contribution is 9.10. The Balaban J connectivity index is 2.24. The second-order valence-corrected chi connectivity index (χ2v) is 7.68. The second kappa shape index (κ2) is 7.40. The van der Waals surface area contributed by atoms with E-state index in [1.54, 1.807) is 42.5 Å². The molecular weight excluding hydrogens is 438 g/mol. The molecule has 0 heterocycles. The molecule has 0 saturated carbocycles. The predicted molar refractivity (Wildman–Crippen MR) is 103 cm³/mol. The van der Waals surface area contributed by atoms with Gasteiger partial charge in [0.05, 0.1) is 13.0 Å². The van der Waals surface area contributed by atoms with Crippen LogP contribution in [0.25, 0.3) is 0 Å². The Hall–Kier alpha value is -2.25. The van der Waals surface area contributed by atoms with Gasteiger partial charge in [-0.25, -0.2) is 0 Å². The first-order chi connectivity index (χ1) is 12.8. The lowest BCUT2D eigenvalue weighted by Crippen LogP contribution is -2.46. The van der Waals surface area contributed by atoms with Crippen LogP contribution in [0.15, 0.2) is 46.9 Å². The molecule has 2 aromatic rings. The SMILES string of the molecule is COC(=O)[C@]1([C@H](C[N+](=O)[O-])c2ccccc2Cl)Cc2cc(Br)ccc2C1=O.